The maximum atomic E-state index is 13.5. The van der Waals surface area contributed by atoms with Gasteiger partial charge in [-0.25, -0.2) is 13.4 Å². The van der Waals surface area contributed by atoms with Crippen molar-refractivity contribution in [3.8, 4) is 0 Å². The first kappa shape index (κ1) is 24.2. The van der Waals surface area contributed by atoms with Crippen LogP contribution in [0.3, 0.4) is 0 Å². The van der Waals surface area contributed by atoms with Crippen molar-refractivity contribution in [3.63, 3.8) is 0 Å². The molecule has 0 radical (unpaired) electrons. The zero-order valence-corrected chi connectivity index (χ0v) is 21.1. The molecule has 33 heavy (non-hydrogen) atoms. The molecule has 1 aliphatic rings. The molecule has 1 amide bonds. The molecule has 0 atom stereocenters. The van der Waals surface area contributed by atoms with Crippen LogP contribution in [0.15, 0.2) is 52.3 Å². The molecule has 4 rings (SSSR count). The van der Waals surface area contributed by atoms with Gasteiger partial charge < -0.3 is 4.74 Å². The number of ether oxygens (including phenoxy) is 1. The van der Waals surface area contributed by atoms with Crippen LogP contribution in [0, 0.1) is 0 Å². The average Bonchev–Trinajstić information content (AvgIpc) is 3.23. The smallest absolute Gasteiger partial charge is 0.260 e. The third-order valence-electron chi connectivity index (χ3n) is 5.41. The minimum atomic E-state index is -3.32. The summed E-state index contributed by atoms with van der Waals surface area (Å²) in [6.07, 6.45) is 1.19. The molecular formula is C23H27N3O4S3. The largest absolute Gasteiger partial charge is 0.379 e. The van der Waals surface area contributed by atoms with Crippen LogP contribution in [0.25, 0.3) is 10.2 Å². The van der Waals surface area contributed by atoms with Gasteiger partial charge in [-0.2, -0.15) is 0 Å². The maximum absolute atomic E-state index is 13.5. The Morgan fingerprint density at radius 3 is 2.58 bits per heavy atom. The number of aromatic nitrogens is 1. The van der Waals surface area contributed by atoms with Gasteiger partial charge in [-0.15, -0.1) is 11.8 Å². The van der Waals surface area contributed by atoms with Crippen molar-refractivity contribution >= 4 is 54.2 Å². The number of nitrogens with zero attached hydrogens (tertiary/aromatic N) is 3. The number of fused-ring (bicyclic) bond motifs is 1. The number of benzene rings is 2. The van der Waals surface area contributed by atoms with Crippen molar-refractivity contribution in [2.45, 2.75) is 16.7 Å². The van der Waals surface area contributed by atoms with Gasteiger partial charge in [0, 0.05) is 42.9 Å². The van der Waals surface area contributed by atoms with Crippen LogP contribution in [-0.4, -0.2) is 75.6 Å². The number of rotatable bonds is 8. The molecule has 2 aromatic carbocycles. The number of thioether (sulfide) groups is 1. The van der Waals surface area contributed by atoms with Crippen LogP contribution in [0.1, 0.15) is 17.3 Å². The summed E-state index contributed by atoms with van der Waals surface area (Å²) in [5.74, 6) is 0.860. The summed E-state index contributed by atoms with van der Waals surface area (Å²) in [5, 5.41) is 0.570. The molecule has 0 N–H and O–H groups in total. The molecule has 0 spiro atoms. The number of carbonyl (C=O) groups excluding carboxylic acids is 1. The molecule has 0 saturated carbocycles. The highest BCUT2D eigenvalue weighted by Gasteiger charge is 2.23. The van der Waals surface area contributed by atoms with Crippen LogP contribution in [0.2, 0.25) is 0 Å². The molecule has 2 heterocycles. The van der Waals surface area contributed by atoms with Gasteiger partial charge in [-0.05, 0) is 48.2 Å². The summed E-state index contributed by atoms with van der Waals surface area (Å²) < 4.78 is 30.1. The third kappa shape index (κ3) is 5.93. The van der Waals surface area contributed by atoms with Crippen LogP contribution < -0.4 is 4.90 Å². The zero-order chi connectivity index (χ0) is 23.4. The highest BCUT2D eigenvalue weighted by Crippen LogP contribution is 2.31. The molecule has 7 nitrogen and oxygen atoms in total. The summed E-state index contributed by atoms with van der Waals surface area (Å²) in [7, 11) is -3.32. The lowest BCUT2D eigenvalue weighted by molar-refractivity contribution is 0.0391. The number of hydrogen-bond donors (Lipinski definition) is 0. The molecule has 0 aliphatic carbocycles. The van der Waals surface area contributed by atoms with Crippen molar-refractivity contribution in [2.24, 2.45) is 0 Å². The van der Waals surface area contributed by atoms with E-state index in [0.29, 0.717) is 42.5 Å². The van der Waals surface area contributed by atoms with Gasteiger partial charge in [0.1, 0.15) is 0 Å². The van der Waals surface area contributed by atoms with Gasteiger partial charge in [0.2, 0.25) is 0 Å². The van der Waals surface area contributed by atoms with E-state index in [-0.39, 0.29) is 10.8 Å². The minimum Gasteiger partial charge on any atom is -0.379 e. The second-order valence-electron chi connectivity index (χ2n) is 7.77. The zero-order valence-electron chi connectivity index (χ0n) is 18.7. The third-order valence-corrected chi connectivity index (χ3v) is 8.45. The van der Waals surface area contributed by atoms with E-state index >= 15 is 0 Å². The van der Waals surface area contributed by atoms with Crippen molar-refractivity contribution in [2.75, 3.05) is 56.3 Å². The Morgan fingerprint density at radius 1 is 1.18 bits per heavy atom. The molecular weight excluding hydrogens is 478 g/mol. The van der Waals surface area contributed by atoms with E-state index in [1.807, 2.05) is 24.3 Å². The summed E-state index contributed by atoms with van der Waals surface area (Å²) in [4.78, 5) is 23.6. The Labute approximate surface area is 202 Å². The topological polar surface area (TPSA) is 79.8 Å². The Morgan fingerprint density at radius 2 is 1.91 bits per heavy atom. The van der Waals surface area contributed by atoms with Crippen molar-refractivity contribution in [3.05, 3.63) is 48.0 Å². The van der Waals surface area contributed by atoms with E-state index in [9.17, 15) is 13.2 Å². The molecule has 1 fully saturated rings. The Kier molecular flexibility index (Phi) is 7.70. The van der Waals surface area contributed by atoms with Gasteiger partial charge in [0.05, 0.1) is 28.3 Å². The monoisotopic (exact) mass is 505 g/mol. The number of carbonyl (C=O) groups is 1. The Hall–Kier alpha value is -1.98. The van der Waals surface area contributed by atoms with Crippen LogP contribution in [0.5, 0.6) is 0 Å². The lowest BCUT2D eigenvalue weighted by atomic mass is 10.2. The molecule has 10 heteroatoms. The summed E-state index contributed by atoms with van der Waals surface area (Å²) in [5.41, 5.74) is 1.29. The first-order valence-electron chi connectivity index (χ1n) is 10.8. The molecule has 1 aliphatic heterocycles. The highest BCUT2D eigenvalue weighted by molar-refractivity contribution is 7.99. The standard InChI is InChI=1S/C23H27N3O4S3/c1-3-31-18-6-4-17(5-7-18)22(27)26(11-10-25-12-14-30-15-13-25)23-24-20-9-8-19(33(2,28)29)16-21(20)32-23/h4-9,16H,3,10-15H2,1-2H3. The minimum absolute atomic E-state index is 0.112. The number of amides is 1. The highest BCUT2D eigenvalue weighted by atomic mass is 32.2. The molecule has 0 bridgehead atoms. The maximum Gasteiger partial charge on any atom is 0.260 e. The first-order valence-corrected chi connectivity index (χ1v) is 14.5. The molecule has 1 aromatic heterocycles. The summed E-state index contributed by atoms with van der Waals surface area (Å²) in [6.45, 7) is 6.36. The normalized spacial score (nSPS) is 15.1. The first-order chi connectivity index (χ1) is 15.8. The summed E-state index contributed by atoms with van der Waals surface area (Å²) >= 11 is 3.07. The Bertz CT molecular complexity index is 1220. The molecule has 176 valence electrons. The SMILES string of the molecule is CCSc1ccc(C(=O)N(CCN2CCOCC2)c2nc3ccc(S(C)(=O)=O)cc3s2)cc1. The van der Waals surface area contributed by atoms with E-state index in [0.717, 1.165) is 28.4 Å². The van der Waals surface area contributed by atoms with Crippen molar-refractivity contribution in [1.29, 1.82) is 0 Å². The fraction of sp³-hybridized carbons (Fsp3) is 0.391. The predicted octanol–water partition coefficient (Wildman–Crippen LogP) is 3.79. The lowest BCUT2D eigenvalue weighted by Gasteiger charge is -2.29. The van der Waals surface area contributed by atoms with Gasteiger partial charge >= 0.3 is 0 Å². The average molecular weight is 506 g/mol. The van der Waals surface area contributed by atoms with Crippen molar-refractivity contribution < 1.29 is 17.9 Å². The lowest BCUT2D eigenvalue weighted by Crippen LogP contribution is -2.43. The van der Waals surface area contributed by atoms with Gasteiger partial charge in [0.15, 0.2) is 15.0 Å². The Balaban J connectivity index is 1.64. The fourth-order valence-corrected chi connectivity index (χ4v) is 6.02. The molecule has 1 saturated heterocycles. The van der Waals surface area contributed by atoms with E-state index in [2.05, 4.69) is 16.8 Å². The van der Waals surface area contributed by atoms with Crippen LogP contribution in [0.4, 0.5) is 5.13 Å². The van der Waals surface area contributed by atoms with Gasteiger partial charge in [0.25, 0.3) is 5.91 Å². The number of anilines is 1. The fourth-order valence-electron chi connectivity index (χ4n) is 3.61. The number of sulfone groups is 1. The quantitative estimate of drug-likeness (QED) is 0.431. The number of hydrogen-bond acceptors (Lipinski definition) is 8. The second-order valence-corrected chi connectivity index (χ2v) is 12.1. The predicted molar refractivity (Wildman–Crippen MR) is 135 cm³/mol. The van der Waals surface area contributed by atoms with E-state index in [1.54, 1.807) is 34.9 Å². The number of thiazole rings is 1. The van der Waals surface area contributed by atoms with Crippen molar-refractivity contribution in [1.82, 2.24) is 9.88 Å². The van der Waals surface area contributed by atoms with Gasteiger partial charge in [-0.1, -0.05) is 18.3 Å². The summed E-state index contributed by atoms with van der Waals surface area (Å²) in [6, 6.07) is 12.6. The van der Waals surface area contributed by atoms with E-state index in [4.69, 9.17) is 4.74 Å². The van der Waals surface area contributed by atoms with Crippen LogP contribution in [-0.2, 0) is 14.6 Å². The van der Waals surface area contributed by atoms with E-state index in [1.165, 1.54) is 17.6 Å². The number of morpholine rings is 1. The van der Waals surface area contributed by atoms with Crippen LogP contribution >= 0.6 is 23.1 Å². The molecule has 0 unspecified atom stereocenters. The van der Waals surface area contributed by atoms with E-state index < -0.39 is 9.84 Å². The molecule has 3 aromatic rings. The van der Waals surface area contributed by atoms with Gasteiger partial charge in [-0.3, -0.25) is 14.6 Å². The second kappa shape index (κ2) is 10.5.